The van der Waals surface area contributed by atoms with Crippen LogP contribution in [0.15, 0.2) is 51.9 Å². The third kappa shape index (κ3) is 3.82. The summed E-state index contributed by atoms with van der Waals surface area (Å²) in [5.74, 6) is 6.28. The van der Waals surface area contributed by atoms with Crippen molar-refractivity contribution in [3.8, 4) is 11.8 Å². The lowest BCUT2D eigenvalue weighted by Gasteiger charge is -1.88. The van der Waals surface area contributed by atoms with Crippen molar-refractivity contribution >= 4 is 17.8 Å². The van der Waals surface area contributed by atoms with E-state index in [1.165, 1.54) is 0 Å². The first-order valence-electron chi connectivity index (χ1n) is 5.14. The molecule has 1 heterocycles. The Morgan fingerprint density at radius 1 is 1.18 bits per heavy atom. The number of benzene rings is 1. The Labute approximate surface area is 105 Å². The minimum Gasteiger partial charge on any atom is -0.436 e. The molecule has 1 aromatic heterocycles. The molecule has 0 atom stereocenters. The zero-order chi connectivity index (χ0) is 11.9. The molecule has 84 valence electrons. The van der Waals surface area contributed by atoms with E-state index in [0.29, 0.717) is 17.5 Å². The van der Waals surface area contributed by atoms with Gasteiger partial charge >= 0.3 is 0 Å². The van der Waals surface area contributed by atoms with E-state index in [4.69, 9.17) is 16.0 Å². The first-order valence-corrected chi connectivity index (χ1v) is 5.51. The highest BCUT2D eigenvalue weighted by molar-refractivity contribution is 6.28. The maximum atomic E-state index is 5.62. The normalized spacial score (nSPS) is 10.2. The minimum absolute atomic E-state index is 0.349. The van der Waals surface area contributed by atoms with Crippen molar-refractivity contribution in [2.24, 2.45) is 4.99 Å². The highest BCUT2D eigenvalue weighted by Gasteiger charge is 1.92. The van der Waals surface area contributed by atoms with Gasteiger partial charge in [0.2, 0.25) is 0 Å². The van der Waals surface area contributed by atoms with Crippen LogP contribution in [-0.4, -0.2) is 12.8 Å². The van der Waals surface area contributed by atoms with Crippen LogP contribution in [0.4, 0.5) is 0 Å². The maximum Gasteiger partial charge on any atom is 0.194 e. The average molecular weight is 244 g/mol. The molecule has 0 saturated carbocycles. The highest BCUT2D eigenvalue weighted by Crippen LogP contribution is 2.11. The Bertz CT molecular complexity index is 561. The molecule has 3 heteroatoms. The summed E-state index contributed by atoms with van der Waals surface area (Å²) in [4.78, 5) is 4.19. The second kappa shape index (κ2) is 5.93. The van der Waals surface area contributed by atoms with Gasteiger partial charge in [0, 0.05) is 6.21 Å². The Morgan fingerprint density at radius 3 is 2.71 bits per heavy atom. The standard InChI is InChI=1S/C14H10ClNO/c15-14-9-8-13(17-14)7-4-10-16-11-12-5-2-1-3-6-12/h1-3,5-6,8-9,11H,10H2. The van der Waals surface area contributed by atoms with Crippen molar-refractivity contribution in [1.82, 2.24) is 0 Å². The Morgan fingerprint density at radius 2 is 2.00 bits per heavy atom. The summed E-state index contributed by atoms with van der Waals surface area (Å²) in [6.07, 6.45) is 1.80. The molecule has 0 fully saturated rings. The Kier molecular flexibility index (Phi) is 4.01. The summed E-state index contributed by atoms with van der Waals surface area (Å²) >= 11 is 5.62. The lowest BCUT2D eigenvalue weighted by Crippen LogP contribution is -1.81. The number of hydrogen-bond acceptors (Lipinski definition) is 2. The van der Waals surface area contributed by atoms with Gasteiger partial charge in [-0.2, -0.15) is 0 Å². The number of aliphatic imine (C=N–C) groups is 1. The minimum atomic E-state index is 0.349. The highest BCUT2D eigenvalue weighted by atomic mass is 35.5. The maximum absolute atomic E-state index is 5.62. The van der Waals surface area contributed by atoms with Crippen LogP contribution in [0.2, 0.25) is 5.22 Å². The van der Waals surface area contributed by atoms with Crippen molar-refractivity contribution in [1.29, 1.82) is 0 Å². The molecular weight excluding hydrogens is 234 g/mol. The Hall–Kier alpha value is -1.98. The fourth-order valence-electron chi connectivity index (χ4n) is 1.24. The predicted octanol–water partition coefficient (Wildman–Crippen LogP) is 3.40. The van der Waals surface area contributed by atoms with Gasteiger partial charge in [-0.15, -0.1) is 0 Å². The van der Waals surface area contributed by atoms with Crippen LogP contribution < -0.4 is 0 Å². The van der Waals surface area contributed by atoms with E-state index in [-0.39, 0.29) is 0 Å². The van der Waals surface area contributed by atoms with Crippen LogP contribution in [0, 0.1) is 11.8 Å². The van der Waals surface area contributed by atoms with E-state index in [2.05, 4.69) is 16.8 Å². The van der Waals surface area contributed by atoms with Gasteiger partial charge < -0.3 is 4.42 Å². The number of rotatable bonds is 2. The fraction of sp³-hybridized carbons (Fsp3) is 0.0714. The van der Waals surface area contributed by atoms with Gasteiger partial charge in [-0.05, 0) is 35.2 Å². The van der Waals surface area contributed by atoms with Crippen LogP contribution in [-0.2, 0) is 0 Å². The largest absolute Gasteiger partial charge is 0.436 e. The molecule has 0 spiro atoms. The van der Waals surface area contributed by atoms with Gasteiger partial charge in [0.1, 0.15) is 6.54 Å². The summed E-state index contributed by atoms with van der Waals surface area (Å²) in [6, 6.07) is 13.3. The molecule has 0 N–H and O–H groups in total. The third-order valence-electron chi connectivity index (χ3n) is 2.00. The number of halogens is 1. The van der Waals surface area contributed by atoms with Crippen molar-refractivity contribution in [3.63, 3.8) is 0 Å². The smallest absolute Gasteiger partial charge is 0.194 e. The zero-order valence-corrected chi connectivity index (χ0v) is 9.82. The fourth-order valence-corrected chi connectivity index (χ4v) is 1.39. The van der Waals surface area contributed by atoms with E-state index in [1.807, 2.05) is 30.3 Å². The second-order valence-electron chi connectivity index (χ2n) is 3.29. The van der Waals surface area contributed by atoms with Crippen LogP contribution in [0.3, 0.4) is 0 Å². The van der Waals surface area contributed by atoms with E-state index < -0.39 is 0 Å². The molecule has 0 aliphatic carbocycles. The Balaban J connectivity index is 1.88. The van der Waals surface area contributed by atoms with Crippen LogP contribution in [0.1, 0.15) is 11.3 Å². The molecule has 2 rings (SSSR count). The molecule has 0 bridgehead atoms. The van der Waals surface area contributed by atoms with Gasteiger partial charge in [0.05, 0.1) is 0 Å². The van der Waals surface area contributed by atoms with Crippen molar-refractivity contribution in [2.45, 2.75) is 0 Å². The molecular formula is C14H10ClNO. The SMILES string of the molecule is Clc1ccc(C#CCN=Cc2ccccc2)o1. The van der Waals surface area contributed by atoms with E-state index in [0.717, 1.165) is 5.56 Å². The first kappa shape index (κ1) is 11.5. The zero-order valence-electron chi connectivity index (χ0n) is 9.06. The molecule has 2 aromatic rings. The van der Waals surface area contributed by atoms with Crippen LogP contribution >= 0.6 is 11.6 Å². The molecule has 2 nitrogen and oxygen atoms in total. The van der Waals surface area contributed by atoms with Gasteiger partial charge in [-0.25, -0.2) is 0 Å². The molecule has 0 unspecified atom stereocenters. The van der Waals surface area contributed by atoms with Crippen molar-refractivity contribution in [3.05, 3.63) is 59.0 Å². The van der Waals surface area contributed by atoms with Gasteiger partial charge in [-0.1, -0.05) is 36.3 Å². The number of nitrogens with zero attached hydrogens (tertiary/aromatic N) is 1. The first-order chi connectivity index (χ1) is 8.34. The van der Waals surface area contributed by atoms with Crippen molar-refractivity contribution in [2.75, 3.05) is 6.54 Å². The van der Waals surface area contributed by atoms with E-state index in [1.54, 1.807) is 18.3 Å². The summed E-state index contributed by atoms with van der Waals surface area (Å²) in [6.45, 7) is 0.438. The van der Waals surface area contributed by atoms with Crippen LogP contribution in [0.5, 0.6) is 0 Å². The predicted molar refractivity (Wildman–Crippen MR) is 69.5 cm³/mol. The lowest BCUT2D eigenvalue weighted by atomic mass is 10.2. The molecule has 0 aliphatic heterocycles. The van der Waals surface area contributed by atoms with Crippen LogP contribution in [0.25, 0.3) is 0 Å². The summed E-state index contributed by atoms with van der Waals surface area (Å²) in [5, 5.41) is 0.349. The molecule has 17 heavy (non-hydrogen) atoms. The number of furan rings is 1. The quantitative estimate of drug-likeness (QED) is 0.586. The van der Waals surface area contributed by atoms with Gasteiger partial charge in [-0.3, -0.25) is 4.99 Å². The molecule has 0 amide bonds. The molecule has 0 saturated heterocycles. The topological polar surface area (TPSA) is 25.5 Å². The lowest BCUT2D eigenvalue weighted by molar-refractivity contribution is 0.556. The van der Waals surface area contributed by atoms with Crippen molar-refractivity contribution < 1.29 is 4.42 Å². The van der Waals surface area contributed by atoms with E-state index >= 15 is 0 Å². The third-order valence-corrected chi connectivity index (χ3v) is 2.20. The molecule has 0 aliphatic rings. The second-order valence-corrected chi connectivity index (χ2v) is 3.66. The average Bonchev–Trinajstić information content (AvgIpc) is 2.76. The van der Waals surface area contributed by atoms with Gasteiger partial charge in [0.25, 0.3) is 0 Å². The van der Waals surface area contributed by atoms with E-state index in [9.17, 15) is 0 Å². The molecule has 0 radical (unpaired) electrons. The summed E-state index contributed by atoms with van der Waals surface area (Å²) < 4.78 is 5.09. The summed E-state index contributed by atoms with van der Waals surface area (Å²) in [7, 11) is 0. The molecule has 1 aromatic carbocycles. The number of hydrogen-bond donors (Lipinski definition) is 0. The summed E-state index contributed by atoms with van der Waals surface area (Å²) in [5.41, 5.74) is 1.07. The van der Waals surface area contributed by atoms with Gasteiger partial charge in [0.15, 0.2) is 11.0 Å². The monoisotopic (exact) mass is 243 g/mol.